The minimum absolute atomic E-state index is 1.25. The number of nitrogens with zero attached hydrogens (tertiary/aromatic N) is 1. The first-order chi connectivity index (χ1) is 5.83. The lowest BCUT2D eigenvalue weighted by atomic mass is 10.1. The molecule has 0 N–H and O–H groups in total. The zero-order chi connectivity index (χ0) is 8.81. The lowest BCUT2D eigenvalue weighted by Gasteiger charge is -2.12. The summed E-state index contributed by atoms with van der Waals surface area (Å²) in [6, 6.07) is 0. The maximum atomic E-state index is 2.46. The highest BCUT2D eigenvalue weighted by atomic mass is 15.1. The quantitative estimate of drug-likeness (QED) is 0.584. The molecule has 1 aliphatic heterocycles. The molecule has 1 rings (SSSR count). The minimum atomic E-state index is 1.25. The number of hydrogen-bond donors (Lipinski definition) is 0. The third kappa shape index (κ3) is 3.40. The van der Waals surface area contributed by atoms with Gasteiger partial charge in [-0.05, 0) is 32.7 Å². The van der Waals surface area contributed by atoms with E-state index in [0.29, 0.717) is 0 Å². The van der Waals surface area contributed by atoms with Crippen LogP contribution in [0.25, 0.3) is 0 Å². The van der Waals surface area contributed by atoms with Crippen molar-refractivity contribution in [1.82, 2.24) is 4.90 Å². The molecule has 0 fully saturated rings. The Balaban J connectivity index is 2.28. The van der Waals surface area contributed by atoms with Crippen LogP contribution >= 0.6 is 0 Å². The lowest BCUT2D eigenvalue weighted by molar-refractivity contribution is 0.352. The summed E-state index contributed by atoms with van der Waals surface area (Å²) < 4.78 is 0. The van der Waals surface area contributed by atoms with Gasteiger partial charge in [0.25, 0.3) is 0 Å². The molecule has 1 heteroatoms. The lowest BCUT2D eigenvalue weighted by Crippen LogP contribution is -2.18. The summed E-state index contributed by atoms with van der Waals surface area (Å²) in [5.74, 6) is 0. The molecule has 0 aromatic rings. The average molecular weight is 167 g/mol. The van der Waals surface area contributed by atoms with Crippen LogP contribution in [0.15, 0.2) is 11.6 Å². The van der Waals surface area contributed by atoms with Crippen LogP contribution in [0.3, 0.4) is 0 Å². The van der Waals surface area contributed by atoms with Gasteiger partial charge in [0.1, 0.15) is 0 Å². The molecule has 0 amide bonds. The van der Waals surface area contributed by atoms with Gasteiger partial charge in [0.05, 0.1) is 0 Å². The number of hydrogen-bond acceptors (Lipinski definition) is 1. The first kappa shape index (κ1) is 9.79. The van der Waals surface area contributed by atoms with Crippen LogP contribution in [-0.2, 0) is 0 Å². The highest BCUT2D eigenvalue weighted by Crippen LogP contribution is 2.15. The van der Waals surface area contributed by atoms with Gasteiger partial charge in [-0.3, -0.25) is 0 Å². The molecule has 1 nitrogen and oxygen atoms in total. The molecule has 1 heterocycles. The molecule has 0 bridgehead atoms. The van der Waals surface area contributed by atoms with Crippen molar-refractivity contribution in [2.75, 3.05) is 20.1 Å². The van der Waals surface area contributed by atoms with Crippen LogP contribution in [0, 0.1) is 0 Å². The molecule has 1 aliphatic rings. The average Bonchev–Trinajstić information content (AvgIpc) is 2.27. The second-order valence-corrected chi connectivity index (χ2v) is 3.81. The fourth-order valence-electron chi connectivity index (χ4n) is 1.67. The fourth-order valence-corrected chi connectivity index (χ4v) is 1.67. The van der Waals surface area contributed by atoms with Crippen molar-refractivity contribution in [3.05, 3.63) is 11.6 Å². The van der Waals surface area contributed by atoms with Crippen LogP contribution in [0.2, 0.25) is 0 Å². The van der Waals surface area contributed by atoms with E-state index in [4.69, 9.17) is 0 Å². The molecular formula is C11H21N. The van der Waals surface area contributed by atoms with Gasteiger partial charge < -0.3 is 4.90 Å². The van der Waals surface area contributed by atoms with Crippen molar-refractivity contribution in [3.63, 3.8) is 0 Å². The van der Waals surface area contributed by atoms with Gasteiger partial charge in [-0.2, -0.15) is 0 Å². The zero-order valence-electron chi connectivity index (χ0n) is 8.47. The van der Waals surface area contributed by atoms with E-state index in [0.717, 1.165) is 0 Å². The SMILES string of the molecule is CCCCC1=CCCN(C)CC1. The van der Waals surface area contributed by atoms with Crippen LogP contribution < -0.4 is 0 Å². The summed E-state index contributed by atoms with van der Waals surface area (Å²) in [7, 11) is 2.22. The van der Waals surface area contributed by atoms with Crippen LogP contribution in [0.4, 0.5) is 0 Å². The van der Waals surface area contributed by atoms with Gasteiger partial charge in [-0.15, -0.1) is 0 Å². The Hall–Kier alpha value is -0.300. The largest absolute Gasteiger partial charge is 0.306 e. The first-order valence-corrected chi connectivity index (χ1v) is 5.19. The summed E-state index contributed by atoms with van der Waals surface area (Å²) in [4.78, 5) is 2.43. The molecule has 0 spiro atoms. The normalized spacial score (nSPS) is 20.3. The van der Waals surface area contributed by atoms with E-state index in [1.807, 2.05) is 0 Å². The predicted octanol–water partition coefficient (Wildman–Crippen LogP) is 2.83. The van der Waals surface area contributed by atoms with Crippen molar-refractivity contribution in [2.45, 2.75) is 39.0 Å². The molecule has 0 radical (unpaired) electrons. The Morgan fingerprint density at radius 3 is 3.00 bits per heavy atom. The summed E-state index contributed by atoms with van der Waals surface area (Å²) in [5.41, 5.74) is 1.70. The summed E-state index contributed by atoms with van der Waals surface area (Å²) in [6.45, 7) is 4.77. The Kier molecular flexibility index (Phi) is 4.37. The predicted molar refractivity (Wildman–Crippen MR) is 54.3 cm³/mol. The molecular weight excluding hydrogens is 146 g/mol. The molecule has 0 saturated carbocycles. The van der Waals surface area contributed by atoms with Crippen LogP contribution in [0.1, 0.15) is 39.0 Å². The van der Waals surface area contributed by atoms with E-state index >= 15 is 0 Å². The first-order valence-electron chi connectivity index (χ1n) is 5.19. The fraction of sp³-hybridized carbons (Fsp3) is 0.818. The Bertz CT molecular complexity index is 149. The molecule has 0 aromatic heterocycles. The van der Waals surface area contributed by atoms with E-state index in [1.54, 1.807) is 5.57 Å². The maximum Gasteiger partial charge on any atom is 0.00156 e. The van der Waals surface area contributed by atoms with E-state index in [-0.39, 0.29) is 0 Å². The van der Waals surface area contributed by atoms with E-state index in [9.17, 15) is 0 Å². The van der Waals surface area contributed by atoms with Gasteiger partial charge in [-0.1, -0.05) is 25.0 Å². The third-order valence-electron chi connectivity index (χ3n) is 2.61. The van der Waals surface area contributed by atoms with Crippen molar-refractivity contribution in [2.24, 2.45) is 0 Å². The molecule has 0 atom stereocenters. The van der Waals surface area contributed by atoms with Crippen LogP contribution in [0.5, 0.6) is 0 Å². The molecule has 0 aliphatic carbocycles. The zero-order valence-corrected chi connectivity index (χ0v) is 8.47. The third-order valence-corrected chi connectivity index (χ3v) is 2.61. The number of unbranched alkanes of at least 4 members (excludes halogenated alkanes) is 1. The highest BCUT2D eigenvalue weighted by Gasteiger charge is 2.05. The molecule has 0 aromatic carbocycles. The molecule has 0 unspecified atom stereocenters. The van der Waals surface area contributed by atoms with Crippen molar-refractivity contribution >= 4 is 0 Å². The second-order valence-electron chi connectivity index (χ2n) is 3.81. The maximum absolute atomic E-state index is 2.46. The Labute approximate surface area is 76.5 Å². The van der Waals surface area contributed by atoms with Gasteiger partial charge >= 0.3 is 0 Å². The standard InChI is InChI=1S/C11H21N/c1-3-4-6-11-7-5-9-12(2)10-8-11/h7H,3-6,8-10H2,1-2H3. The monoisotopic (exact) mass is 167 g/mol. The van der Waals surface area contributed by atoms with Crippen molar-refractivity contribution < 1.29 is 0 Å². The second kappa shape index (κ2) is 5.36. The van der Waals surface area contributed by atoms with Crippen LogP contribution in [-0.4, -0.2) is 25.0 Å². The summed E-state index contributed by atoms with van der Waals surface area (Å²) in [5, 5.41) is 0. The number of rotatable bonds is 3. The molecule has 0 saturated heterocycles. The van der Waals surface area contributed by atoms with Gasteiger partial charge in [0, 0.05) is 13.1 Å². The van der Waals surface area contributed by atoms with Gasteiger partial charge in [-0.25, -0.2) is 0 Å². The summed E-state index contributed by atoms with van der Waals surface area (Å²) >= 11 is 0. The minimum Gasteiger partial charge on any atom is -0.306 e. The van der Waals surface area contributed by atoms with Crippen molar-refractivity contribution in [3.8, 4) is 0 Å². The smallest absolute Gasteiger partial charge is 0.00156 e. The van der Waals surface area contributed by atoms with E-state index in [2.05, 4.69) is 24.9 Å². The van der Waals surface area contributed by atoms with Gasteiger partial charge in [0.2, 0.25) is 0 Å². The van der Waals surface area contributed by atoms with Crippen molar-refractivity contribution in [1.29, 1.82) is 0 Å². The van der Waals surface area contributed by atoms with E-state index in [1.165, 1.54) is 45.2 Å². The molecule has 70 valence electrons. The molecule has 12 heavy (non-hydrogen) atoms. The highest BCUT2D eigenvalue weighted by molar-refractivity contribution is 5.04. The van der Waals surface area contributed by atoms with E-state index < -0.39 is 0 Å². The van der Waals surface area contributed by atoms with Gasteiger partial charge in [0.15, 0.2) is 0 Å². The Morgan fingerprint density at radius 1 is 1.42 bits per heavy atom. The Morgan fingerprint density at radius 2 is 2.25 bits per heavy atom. The topological polar surface area (TPSA) is 3.24 Å². The summed E-state index contributed by atoms with van der Waals surface area (Å²) in [6.07, 6.45) is 9.05.